The van der Waals surface area contributed by atoms with Gasteiger partial charge in [-0.2, -0.15) is 0 Å². The van der Waals surface area contributed by atoms with Crippen LogP contribution in [0.4, 0.5) is 5.82 Å². The zero-order valence-electron chi connectivity index (χ0n) is 9.95. The molecule has 0 aromatic carbocycles. The molecule has 0 bridgehead atoms. The Labute approximate surface area is 96.1 Å². The average molecular weight is 221 g/mol. The fraction of sp³-hybridized carbons (Fsp3) is 0.667. The van der Waals surface area contributed by atoms with E-state index in [4.69, 9.17) is 0 Å². The number of aryl methyl sites for hydroxylation is 1. The molecular formula is C12H19N3O. The second-order valence-corrected chi connectivity index (χ2v) is 5.18. The van der Waals surface area contributed by atoms with Crippen molar-refractivity contribution in [1.82, 2.24) is 9.97 Å². The standard InChI is InChI=1S/C12H19N3O/c1-12(2,7-16)6-13-11-9-4-3-5-10(9)14-8-15-11/h8,16H,3-7H2,1-2H3,(H,13,14,15). The fourth-order valence-corrected chi connectivity index (χ4v) is 1.89. The Morgan fingerprint density at radius 1 is 1.38 bits per heavy atom. The predicted octanol–water partition coefficient (Wildman–Crippen LogP) is 1.40. The quantitative estimate of drug-likeness (QED) is 0.806. The van der Waals surface area contributed by atoms with Gasteiger partial charge in [0.05, 0.1) is 0 Å². The maximum Gasteiger partial charge on any atom is 0.132 e. The molecule has 1 aromatic heterocycles. The number of hydrogen-bond donors (Lipinski definition) is 2. The Morgan fingerprint density at radius 3 is 2.94 bits per heavy atom. The van der Waals surface area contributed by atoms with E-state index < -0.39 is 0 Å². The van der Waals surface area contributed by atoms with Gasteiger partial charge in [0.25, 0.3) is 0 Å². The molecule has 1 aliphatic rings. The molecular weight excluding hydrogens is 202 g/mol. The number of nitrogens with one attached hydrogen (secondary N) is 1. The lowest BCUT2D eigenvalue weighted by Crippen LogP contribution is -2.27. The minimum atomic E-state index is -0.115. The molecule has 0 saturated heterocycles. The van der Waals surface area contributed by atoms with E-state index in [-0.39, 0.29) is 12.0 Å². The van der Waals surface area contributed by atoms with Gasteiger partial charge in [0.1, 0.15) is 12.1 Å². The molecule has 0 atom stereocenters. The smallest absolute Gasteiger partial charge is 0.132 e. The van der Waals surface area contributed by atoms with Crippen LogP contribution < -0.4 is 5.32 Å². The first-order valence-corrected chi connectivity index (χ1v) is 5.80. The molecule has 0 saturated carbocycles. The average Bonchev–Trinajstić information content (AvgIpc) is 2.75. The van der Waals surface area contributed by atoms with Gasteiger partial charge in [-0.05, 0) is 19.3 Å². The van der Waals surface area contributed by atoms with Crippen LogP contribution in [0, 0.1) is 5.41 Å². The van der Waals surface area contributed by atoms with Crippen LogP contribution in [0.15, 0.2) is 6.33 Å². The fourth-order valence-electron chi connectivity index (χ4n) is 1.89. The van der Waals surface area contributed by atoms with Gasteiger partial charge in [-0.15, -0.1) is 0 Å². The van der Waals surface area contributed by atoms with Gasteiger partial charge in [0.15, 0.2) is 0 Å². The highest BCUT2D eigenvalue weighted by Crippen LogP contribution is 2.26. The Balaban J connectivity index is 2.08. The van der Waals surface area contributed by atoms with Crippen LogP contribution in [0.25, 0.3) is 0 Å². The summed E-state index contributed by atoms with van der Waals surface area (Å²) in [4.78, 5) is 8.57. The van der Waals surface area contributed by atoms with Crippen molar-refractivity contribution < 1.29 is 5.11 Å². The number of aliphatic hydroxyl groups is 1. The molecule has 1 aliphatic carbocycles. The number of hydrogen-bond acceptors (Lipinski definition) is 4. The van der Waals surface area contributed by atoms with E-state index in [1.165, 1.54) is 17.7 Å². The highest BCUT2D eigenvalue weighted by molar-refractivity contribution is 5.48. The summed E-state index contributed by atoms with van der Waals surface area (Å²) in [5.41, 5.74) is 2.33. The van der Waals surface area contributed by atoms with Gasteiger partial charge in [0.2, 0.25) is 0 Å². The summed E-state index contributed by atoms with van der Waals surface area (Å²) in [5.74, 6) is 0.948. The Kier molecular flexibility index (Phi) is 3.10. The Bertz CT molecular complexity index is 377. The molecule has 0 spiro atoms. The molecule has 1 aromatic rings. The van der Waals surface area contributed by atoms with Gasteiger partial charge in [-0.3, -0.25) is 0 Å². The molecule has 0 fully saturated rings. The largest absolute Gasteiger partial charge is 0.396 e. The molecule has 4 heteroatoms. The lowest BCUT2D eigenvalue weighted by atomic mass is 9.95. The Morgan fingerprint density at radius 2 is 2.19 bits per heavy atom. The van der Waals surface area contributed by atoms with Crippen LogP contribution in [0.5, 0.6) is 0 Å². The third kappa shape index (κ3) is 2.32. The van der Waals surface area contributed by atoms with Crippen molar-refractivity contribution in [1.29, 1.82) is 0 Å². The summed E-state index contributed by atoms with van der Waals surface area (Å²) in [6.07, 6.45) is 4.93. The molecule has 0 radical (unpaired) electrons. The first-order chi connectivity index (χ1) is 7.62. The summed E-state index contributed by atoms with van der Waals surface area (Å²) in [6.45, 7) is 4.96. The summed E-state index contributed by atoms with van der Waals surface area (Å²) in [7, 11) is 0. The summed E-state index contributed by atoms with van der Waals surface area (Å²) in [5, 5.41) is 12.5. The van der Waals surface area contributed by atoms with E-state index in [2.05, 4.69) is 15.3 Å². The highest BCUT2D eigenvalue weighted by Gasteiger charge is 2.20. The number of fused-ring (bicyclic) bond motifs is 1. The van der Waals surface area contributed by atoms with Crippen molar-refractivity contribution in [3.8, 4) is 0 Å². The number of aliphatic hydroxyl groups excluding tert-OH is 1. The first-order valence-electron chi connectivity index (χ1n) is 5.80. The lowest BCUT2D eigenvalue weighted by molar-refractivity contribution is 0.170. The van der Waals surface area contributed by atoms with Gasteiger partial charge < -0.3 is 10.4 Å². The van der Waals surface area contributed by atoms with Crippen molar-refractivity contribution in [2.75, 3.05) is 18.5 Å². The van der Waals surface area contributed by atoms with Crippen LogP contribution in [0.2, 0.25) is 0 Å². The normalized spacial score (nSPS) is 14.9. The topological polar surface area (TPSA) is 58.0 Å². The van der Waals surface area contributed by atoms with Crippen LogP contribution in [0.1, 0.15) is 31.5 Å². The van der Waals surface area contributed by atoms with Crippen molar-refractivity contribution in [2.45, 2.75) is 33.1 Å². The number of nitrogens with zero attached hydrogens (tertiary/aromatic N) is 2. The van der Waals surface area contributed by atoms with Crippen LogP contribution in [0.3, 0.4) is 0 Å². The van der Waals surface area contributed by atoms with Crippen LogP contribution in [-0.2, 0) is 12.8 Å². The second-order valence-electron chi connectivity index (χ2n) is 5.18. The maximum absolute atomic E-state index is 9.19. The van der Waals surface area contributed by atoms with Crippen LogP contribution >= 0.6 is 0 Å². The molecule has 2 N–H and O–H groups in total. The van der Waals surface area contributed by atoms with Gasteiger partial charge in [-0.1, -0.05) is 13.8 Å². The van der Waals surface area contributed by atoms with Crippen LogP contribution in [-0.4, -0.2) is 28.2 Å². The summed E-state index contributed by atoms with van der Waals surface area (Å²) < 4.78 is 0. The number of rotatable bonds is 4. The van der Waals surface area contributed by atoms with Gasteiger partial charge >= 0.3 is 0 Å². The van der Waals surface area contributed by atoms with Crippen molar-refractivity contribution in [3.05, 3.63) is 17.6 Å². The minimum Gasteiger partial charge on any atom is -0.396 e. The van der Waals surface area contributed by atoms with E-state index in [9.17, 15) is 5.11 Å². The molecule has 88 valence electrons. The first kappa shape index (κ1) is 11.3. The highest BCUT2D eigenvalue weighted by atomic mass is 16.3. The molecule has 0 amide bonds. The SMILES string of the molecule is CC(C)(CO)CNc1ncnc2c1CCC2. The van der Waals surface area contributed by atoms with Crippen molar-refractivity contribution in [2.24, 2.45) is 5.41 Å². The Hall–Kier alpha value is -1.16. The van der Waals surface area contributed by atoms with E-state index in [0.29, 0.717) is 0 Å². The van der Waals surface area contributed by atoms with E-state index in [1.54, 1.807) is 6.33 Å². The molecule has 1 heterocycles. The third-order valence-corrected chi connectivity index (χ3v) is 3.04. The van der Waals surface area contributed by atoms with E-state index in [0.717, 1.165) is 25.2 Å². The molecule has 2 rings (SSSR count). The third-order valence-electron chi connectivity index (χ3n) is 3.04. The summed E-state index contributed by atoms with van der Waals surface area (Å²) >= 11 is 0. The molecule has 4 nitrogen and oxygen atoms in total. The zero-order valence-corrected chi connectivity index (χ0v) is 9.95. The lowest BCUT2D eigenvalue weighted by Gasteiger charge is -2.22. The second kappa shape index (κ2) is 4.37. The number of aromatic nitrogens is 2. The van der Waals surface area contributed by atoms with Gasteiger partial charge in [-0.25, -0.2) is 9.97 Å². The van der Waals surface area contributed by atoms with Crippen molar-refractivity contribution in [3.63, 3.8) is 0 Å². The monoisotopic (exact) mass is 221 g/mol. The molecule has 0 aliphatic heterocycles. The zero-order chi connectivity index (χ0) is 11.6. The van der Waals surface area contributed by atoms with Gasteiger partial charge in [0, 0.05) is 29.8 Å². The maximum atomic E-state index is 9.19. The minimum absolute atomic E-state index is 0.115. The van der Waals surface area contributed by atoms with E-state index >= 15 is 0 Å². The van der Waals surface area contributed by atoms with E-state index in [1.807, 2.05) is 13.8 Å². The summed E-state index contributed by atoms with van der Waals surface area (Å²) in [6, 6.07) is 0. The van der Waals surface area contributed by atoms with Crippen molar-refractivity contribution >= 4 is 5.82 Å². The number of anilines is 1. The predicted molar refractivity (Wildman–Crippen MR) is 63.4 cm³/mol. The molecule has 16 heavy (non-hydrogen) atoms. The molecule has 0 unspecified atom stereocenters.